The van der Waals surface area contributed by atoms with Crippen molar-refractivity contribution in [1.29, 1.82) is 0 Å². The van der Waals surface area contributed by atoms with Gasteiger partial charge in [-0.3, -0.25) is 4.79 Å². The van der Waals surface area contributed by atoms with Crippen molar-refractivity contribution in [2.45, 2.75) is 110 Å². The zero-order valence-corrected chi connectivity index (χ0v) is 20.7. The van der Waals surface area contributed by atoms with Gasteiger partial charge >= 0.3 is 0 Å². The smallest absolute Gasteiger partial charge is 0.136 e. The number of rotatable bonds is 5. The van der Waals surface area contributed by atoms with Crippen LogP contribution in [0, 0.1) is 52.3 Å². The van der Waals surface area contributed by atoms with E-state index < -0.39 is 6.17 Å². The topological polar surface area (TPSA) is 17.1 Å². The Morgan fingerprint density at radius 2 is 1.77 bits per heavy atom. The van der Waals surface area contributed by atoms with Crippen molar-refractivity contribution >= 4 is 17.4 Å². The fraction of sp³-hybridized carbons (Fsp3) is 0.963. The monoisotopic (exact) mass is 438 g/mol. The van der Waals surface area contributed by atoms with Crippen LogP contribution in [-0.4, -0.2) is 17.3 Å². The zero-order valence-electron chi connectivity index (χ0n) is 19.9. The Kier molecular flexibility index (Phi) is 6.42. The predicted octanol–water partition coefficient (Wildman–Crippen LogP) is 7.84. The average molecular weight is 439 g/mol. The van der Waals surface area contributed by atoms with E-state index in [1.165, 1.54) is 19.3 Å². The minimum atomic E-state index is -0.797. The molecule has 0 aromatic rings. The maximum absolute atomic E-state index is 15.7. The summed E-state index contributed by atoms with van der Waals surface area (Å²) < 4.78 is 15.7. The lowest BCUT2D eigenvalue weighted by Gasteiger charge is -2.60. The number of halogens is 2. The molecule has 30 heavy (non-hydrogen) atoms. The number of hydrogen-bond acceptors (Lipinski definition) is 1. The van der Waals surface area contributed by atoms with Crippen LogP contribution in [0.25, 0.3) is 0 Å². The molecule has 0 aromatic heterocycles. The molecular weight excluding hydrogens is 395 g/mol. The summed E-state index contributed by atoms with van der Waals surface area (Å²) in [5, 5.41) is 0.220. The molecule has 4 saturated carbocycles. The molecule has 0 amide bonds. The molecule has 0 N–H and O–H groups in total. The van der Waals surface area contributed by atoms with Crippen LogP contribution < -0.4 is 0 Å². The summed E-state index contributed by atoms with van der Waals surface area (Å²) >= 11 is 6.50. The Hall–Kier alpha value is -0.110. The molecule has 10 atom stereocenters. The third-order valence-corrected chi connectivity index (χ3v) is 11.0. The molecule has 0 aromatic carbocycles. The summed E-state index contributed by atoms with van der Waals surface area (Å²) in [7, 11) is 0. The first kappa shape index (κ1) is 23.1. The van der Waals surface area contributed by atoms with E-state index in [1.54, 1.807) is 0 Å². The standard InChI is InChI=1S/C27H44ClFO/c1-16(2)7-6-8-17(3)21-15-22(29)25-24-20(10-12-27(21,25)5)26(4)11-9-19(28)13-18(26)14-23(24)30/h16-22,24-25H,6-15H2,1-5H3/t17-,18?,19+,20+,21-,22+,24+,25+,26+,27-/m1/s1. The van der Waals surface area contributed by atoms with Gasteiger partial charge in [-0.05, 0) is 78.9 Å². The van der Waals surface area contributed by atoms with Gasteiger partial charge in [0.1, 0.15) is 12.0 Å². The quantitative estimate of drug-likeness (QED) is 0.399. The minimum absolute atomic E-state index is 0.000371. The lowest BCUT2D eigenvalue weighted by molar-refractivity contribution is -0.159. The summed E-state index contributed by atoms with van der Waals surface area (Å²) in [5.74, 6) is 2.80. The van der Waals surface area contributed by atoms with E-state index in [9.17, 15) is 4.79 Å². The highest BCUT2D eigenvalue weighted by Crippen LogP contribution is 2.68. The number of fused-ring (bicyclic) bond motifs is 5. The molecule has 1 nitrogen and oxygen atoms in total. The highest BCUT2D eigenvalue weighted by atomic mass is 35.5. The largest absolute Gasteiger partial charge is 0.299 e. The van der Waals surface area contributed by atoms with Gasteiger partial charge in [0.05, 0.1) is 0 Å². The fourth-order valence-corrected chi connectivity index (χ4v) is 9.17. The number of alkyl halides is 2. The Morgan fingerprint density at radius 1 is 1.07 bits per heavy atom. The molecule has 4 aliphatic carbocycles. The van der Waals surface area contributed by atoms with Crippen LogP contribution in [0.2, 0.25) is 0 Å². The van der Waals surface area contributed by atoms with Crippen molar-refractivity contribution < 1.29 is 9.18 Å². The first-order chi connectivity index (χ1) is 14.1. The van der Waals surface area contributed by atoms with Gasteiger partial charge < -0.3 is 0 Å². The number of hydrogen-bond donors (Lipinski definition) is 0. The summed E-state index contributed by atoms with van der Waals surface area (Å²) in [6.45, 7) is 11.7. The van der Waals surface area contributed by atoms with Crippen LogP contribution in [0.15, 0.2) is 0 Å². The molecule has 1 unspecified atom stereocenters. The van der Waals surface area contributed by atoms with Crippen molar-refractivity contribution in [2.24, 2.45) is 52.3 Å². The second-order valence-corrected chi connectivity index (χ2v) is 13.2. The maximum Gasteiger partial charge on any atom is 0.136 e. The normalized spacial score (nSPS) is 49.5. The SMILES string of the molecule is CC(C)CCC[C@@H](C)[C@H]1C[C@H](F)[C@H]2[C@@H]3C(=O)CC4C[C@@H](Cl)CC[C@]4(C)[C@H]3CC[C@@]21C. The van der Waals surface area contributed by atoms with Gasteiger partial charge in [-0.2, -0.15) is 0 Å². The van der Waals surface area contributed by atoms with E-state index in [1.807, 2.05) is 0 Å². The van der Waals surface area contributed by atoms with Crippen LogP contribution in [-0.2, 0) is 4.79 Å². The summed E-state index contributed by atoms with van der Waals surface area (Å²) in [6, 6.07) is 0. The van der Waals surface area contributed by atoms with Crippen molar-refractivity contribution in [1.82, 2.24) is 0 Å². The Labute approximate surface area is 189 Å². The molecule has 0 spiro atoms. The van der Waals surface area contributed by atoms with Crippen LogP contribution >= 0.6 is 11.6 Å². The highest BCUT2D eigenvalue weighted by molar-refractivity contribution is 6.20. The molecule has 172 valence electrons. The van der Waals surface area contributed by atoms with Gasteiger partial charge in [0.25, 0.3) is 0 Å². The second-order valence-electron chi connectivity index (χ2n) is 12.6. The molecule has 0 heterocycles. The molecular formula is C27H44ClFO. The number of carbonyl (C=O) groups is 1. The first-order valence-electron chi connectivity index (χ1n) is 12.9. The molecule has 0 saturated heterocycles. The van der Waals surface area contributed by atoms with E-state index in [2.05, 4.69) is 34.6 Å². The van der Waals surface area contributed by atoms with E-state index >= 15 is 4.39 Å². The lowest BCUT2D eigenvalue weighted by Crippen LogP contribution is -2.58. The predicted molar refractivity (Wildman–Crippen MR) is 123 cm³/mol. The van der Waals surface area contributed by atoms with E-state index in [-0.39, 0.29) is 28.0 Å². The molecule has 0 bridgehead atoms. The van der Waals surface area contributed by atoms with Gasteiger partial charge in [0.15, 0.2) is 0 Å². The average Bonchev–Trinajstić information content (AvgIpc) is 2.94. The number of carbonyl (C=O) groups excluding carboxylic acids is 1. The molecule has 4 fully saturated rings. The maximum atomic E-state index is 15.7. The third-order valence-electron chi connectivity index (χ3n) is 10.6. The van der Waals surface area contributed by atoms with Crippen LogP contribution in [0.1, 0.15) is 98.8 Å². The summed E-state index contributed by atoms with van der Waals surface area (Å²) in [6.07, 6.45) is 9.63. The van der Waals surface area contributed by atoms with Crippen molar-refractivity contribution in [3.63, 3.8) is 0 Å². The lowest BCUT2D eigenvalue weighted by atomic mass is 9.44. The van der Waals surface area contributed by atoms with E-state index in [0.29, 0.717) is 42.3 Å². The third kappa shape index (κ3) is 3.69. The first-order valence-corrected chi connectivity index (χ1v) is 13.3. The molecule has 0 radical (unpaired) electrons. The summed E-state index contributed by atoms with van der Waals surface area (Å²) in [5.41, 5.74) is 0.187. The Morgan fingerprint density at radius 3 is 2.47 bits per heavy atom. The zero-order chi connectivity index (χ0) is 21.8. The molecule has 0 aliphatic heterocycles. The van der Waals surface area contributed by atoms with Crippen molar-refractivity contribution in [2.75, 3.05) is 0 Å². The Balaban J connectivity index is 1.56. The van der Waals surface area contributed by atoms with Gasteiger partial charge in [0.2, 0.25) is 0 Å². The molecule has 4 aliphatic rings. The van der Waals surface area contributed by atoms with Gasteiger partial charge in [-0.25, -0.2) is 4.39 Å². The van der Waals surface area contributed by atoms with Crippen molar-refractivity contribution in [3.8, 4) is 0 Å². The minimum Gasteiger partial charge on any atom is -0.299 e. The number of Topliss-reactive ketones (excluding diaryl/α,β-unsaturated/α-hetero) is 1. The van der Waals surface area contributed by atoms with Gasteiger partial charge in [0, 0.05) is 23.6 Å². The Bertz CT molecular complexity index is 649. The highest BCUT2D eigenvalue weighted by Gasteiger charge is 2.65. The number of ketones is 1. The summed E-state index contributed by atoms with van der Waals surface area (Å²) in [4.78, 5) is 13.5. The van der Waals surface area contributed by atoms with Crippen molar-refractivity contribution in [3.05, 3.63) is 0 Å². The van der Waals surface area contributed by atoms with Crippen LogP contribution in [0.4, 0.5) is 4.39 Å². The fourth-order valence-electron chi connectivity index (χ4n) is 8.85. The van der Waals surface area contributed by atoms with Gasteiger partial charge in [-0.1, -0.05) is 53.9 Å². The second kappa shape index (κ2) is 8.35. The molecule has 4 rings (SSSR count). The molecule has 3 heteroatoms. The van der Waals surface area contributed by atoms with Crippen LogP contribution in [0.3, 0.4) is 0 Å². The van der Waals surface area contributed by atoms with E-state index in [0.717, 1.165) is 38.0 Å². The van der Waals surface area contributed by atoms with E-state index in [4.69, 9.17) is 11.6 Å². The van der Waals surface area contributed by atoms with Crippen LogP contribution in [0.5, 0.6) is 0 Å². The van der Waals surface area contributed by atoms with Gasteiger partial charge in [-0.15, -0.1) is 11.6 Å².